The number of anilines is 1. The molecular weight excluding hydrogens is 257 g/mol. The molecule has 0 spiro atoms. The lowest BCUT2D eigenvalue weighted by Gasteiger charge is -2.08. The summed E-state index contributed by atoms with van der Waals surface area (Å²) in [6, 6.07) is 8.67. The molecule has 0 aliphatic rings. The Morgan fingerprint density at radius 1 is 1.30 bits per heavy atom. The molecule has 0 aliphatic heterocycles. The number of halogens is 1. The summed E-state index contributed by atoms with van der Waals surface area (Å²) < 4.78 is 13.0. The van der Waals surface area contributed by atoms with Gasteiger partial charge in [-0.3, -0.25) is 9.78 Å². The average Bonchev–Trinajstić information content (AvgIpc) is 2.45. The molecule has 1 aromatic heterocycles. The Morgan fingerprint density at radius 2 is 2.15 bits per heavy atom. The quantitative estimate of drug-likeness (QED) is 0.880. The van der Waals surface area contributed by atoms with E-state index >= 15 is 0 Å². The summed E-state index contributed by atoms with van der Waals surface area (Å²) in [7, 11) is 0. The highest BCUT2D eigenvalue weighted by molar-refractivity contribution is 6.04. The van der Waals surface area contributed by atoms with E-state index in [9.17, 15) is 9.18 Å². The fourth-order valence-corrected chi connectivity index (χ4v) is 1.77. The second-order valence-electron chi connectivity index (χ2n) is 4.33. The number of carbonyl (C=O) groups is 1. The van der Waals surface area contributed by atoms with Crippen LogP contribution < -0.4 is 10.6 Å². The van der Waals surface area contributed by atoms with E-state index < -0.39 is 5.82 Å². The van der Waals surface area contributed by atoms with Gasteiger partial charge in [-0.25, -0.2) is 4.39 Å². The summed E-state index contributed by atoms with van der Waals surface area (Å²) in [6.07, 6.45) is 2.40. The van der Waals surface area contributed by atoms with Gasteiger partial charge in [-0.05, 0) is 30.3 Å². The van der Waals surface area contributed by atoms with Gasteiger partial charge in [0.2, 0.25) is 0 Å². The van der Waals surface area contributed by atoms with Gasteiger partial charge >= 0.3 is 0 Å². The van der Waals surface area contributed by atoms with Gasteiger partial charge in [-0.1, -0.05) is 19.1 Å². The zero-order chi connectivity index (χ0) is 14.4. The van der Waals surface area contributed by atoms with E-state index in [2.05, 4.69) is 15.6 Å². The van der Waals surface area contributed by atoms with Crippen molar-refractivity contribution in [3.05, 3.63) is 59.7 Å². The van der Waals surface area contributed by atoms with Crippen molar-refractivity contribution in [2.45, 2.75) is 13.5 Å². The van der Waals surface area contributed by atoms with E-state index in [1.807, 2.05) is 25.1 Å². The van der Waals surface area contributed by atoms with E-state index in [0.29, 0.717) is 5.69 Å². The van der Waals surface area contributed by atoms with Crippen molar-refractivity contribution in [1.82, 2.24) is 10.3 Å². The molecule has 0 radical (unpaired) electrons. The monoisotopic (exact) mass is 273 g/mol. The number of benzene rings is 1. The van der Waals surface area contributed by atoms with Crippen LogP contribution in [-0.4, -0.2) is 17.4 Å². The third-order valence-electron chi connectivity index (χ3n) is 2.73. The SMILES string of the molecule is CCNCc1cccc(NC(=O)c2cncc(F)c2)c1. The molecule has 0 fully saturated rings. The third-order valence-corrected chi connectivity index (χ3v) is 2.73. The first kappa shape index (κ1) is 14.1. The summed E-state index contributed by atoms with van der Waals surface area (Å²) in [5.41, 5.74) is 1.94. The fraction of sp³-hybridized carbons (Fsp3) is 0.200. The van der Waals surface area contributed by atoms with Gasteiger partial charge in [0.05, 0.1) is 11.8 Å². The Hall–Kier alpha value is -2.27. The number of nitrogens with zero attached hydrogens (tertiary/aromatic N) is 1. The number of hydrogen-bond acceptors (Lipinski definition) is 3. The standard InChI is InChI=1S/C15H16FN3O/c1-2-17-8-11-4-3-5-14(6-11)19-15(20)12-7-13(16)10-18-9-12/h3-7,9-10,17H,2,8H2,1H3,(H,19,20). The van der Waals surface area contributed by atoms with E-state index in [1.54, 1.807) is 6.07 Å². The zero-order valence-electron chi connectivity index (χ0n) is 11.2. The lowest BCUT2D eigenvalue weighted by atomic mass is 10.2. The van der Waals surface area contributed by atoms with Crippen molar-refractivity contribution >= 4 is 11.6 Å². The van der Waals surface area contributed by atoms with Crippen molar-refractivity contribution < 1.29 is 9.18 Å². The van der Waals surface area contributed by atoms with Crippen LogP contribution in [0.4, 0.5) is 10.1 Å². The highest BCUT2D eigenvalue weighted by Gasteiger charge is 2.07. The summed E-state index contributed by atoms with van der Waals surface area (Å²) in [6.45, 7) is 3.65. The van der Waals surface area contributed by atoms with Crippen molar-refractivity contribution in [2.24, 2.45) is 0 Å². The van der Waals surface area contributed by atoms with Crippen LogP contribution in [0.3, 0.4) is 0 Å². The number of hydrogen-bond donors (Lipinski definition) is 2. The van der Waals surface area contributed by atoms with Crippen molar-refractivity contribution in [1.29, 1.82) is 0 Å². The molecule has 0 saturated carbocycles. The minimum Gasteiger partial charge on any atom is -0.322 e. The zero-order valence-corrected chi connectivity index (χ0v) is 11.2. The molecule has 20 heavy (non-hydrogen) atoms. The van der Waals surface area contributed by atoms with Crippen molar-refractivity contribution in [3.8, 4) is 0 Å². The van der Waals surface area contributed by atoms with Crippen molar-refractivity contribution in [3.63, 3.8) is 0 Å². The normalized spacial score (nSPS) is 10.3. The van der Waals surface area contributed by atoms with Crippen LogP contribution in [-0.2, 0) is 6.54 Å². The van der Waals surface area contributed by atoms with Crippen LogP contribution in [0.2, 0.25) is 0 Å². The molecule has 2 N–H and O–H groups in total. The Bertz CT molecular complexity index is 601. The molecule has 1 amide bonds. The molecule has 1 heterocycles. The van der Waals surface area contributed by atoms with Crippen LogP contribution in [0.15, 0.2) is 42.7 Å². The Balaban J connectivity index is 2.07. The maximum Gasteiger partial charge on any atom is 0.257 e. The highest BCUT2D eigenvalue weighted by Crippen LogP contribution is 2.12. The molecule has 0 atom stereocenters. The van der Waals surface area contributed by atoms with Crippen LogP contribution >= 0.6 is 0 Å². The first-order valence-corrected chi connectivity index (χ1v) is 6.40. The lowest BCUT2D eigenvalue weighted by Crippen LogP contribution is -2.14. The molecule has 4 nitrogen and oxygen atoms in total. The summed E-state index contributed by atoms with van der Waals surface area (Å²) in [5.74, 6) is -0.906. The number of amides is 1. The van der Waals surface area contributed by atoms with Gasteiger partial charge in [0.15, 0.2) is 0 Å². The van der Waals surface area contributed by atoms with E-state index in [1.165, 1.54) is 6.20 Å². The minimum atomic E-state index is -0.529. The molecule has 104 valence electrons. The summed E-state index contributed by atoms with van der Waals surface area (Å²) in [4.78, 5) is 15.6. The van der Waals surface area contributed by atoms with E-state index in [4.69, 9.17) is 0 Å². The van der Waals surface area contributed by atoms with Gasteiger partial charge in [-0.15, -0.1) is 0 Å². The molecule has 5 heteroatoms. The molecular formula is C15H16FN3O. The average molecular weight is 273 g/mol. The molecule has 0 aliphatic carbocycles. The summed E-state index contributed by atoms with van der Waals surface area (Å²) in [5, 5.41) is 5.94. The van der Waals surface area contributed by atoms with E-state index in [0.717, 1.165) is 30.9 Å². The minimum absolute atomic E-state index is 0.196. The van der Waals surface area contributed by atoms with Crippen LogP contribution in [0, 0.1) is 5.82 Å². The second-order valence-corrected chi connectivity index (χ2v) is 4.33. The van der Waals surface area contributed by atoms with Crippen LogP contribution in [0.5, 0.6) is 0 Å². The van der Waals surface area contributed by atoms with Gasteiger partial charge in [-0.2, -0.15) is 0 Å². The maximum atomic E-state index is 13.0. The number of carbonyl (C=O) groups excluding carboxylic acids is 1. The third kappa shape index (κ3) is 3.86. The van der Waals surface area contributed by atoms with Gasteiger partial charge < -0.3 is 10.6 Å². The van der Waals surface area contributed by atoms with E-state index in [-0.39, 0.29) is 11.5 Å². The van der Waals surface area contributed by atoms with Crippen LogP contribution in [0.1, 0.15) is 22.8 Å². The van der Waals surface area contributed by atoms with Gasteiger partial charge in [0.1, 0.15) is 5.82 Å². The maximum absolute atomic E-state index is 13.0. The number of aromatic nitrogens is 1. The topological polar surface area (TPSA) is 54.0 Å². The van der Waals surface area contributed by atoms with Crippen LogP contribution in [0.25, 0.3) is 0 Å². The Morgan fingerprint density at radius 3 is 2.90 bits per heavy atom. The number of nitrogens with one attached hydrogen (secondary N) is 2. The lowest BCUT2D eigenvalue weighted by molar-refractivity contribution is 0.102. The largest absolute Gasteiger partial charge is 0.322 e. The van der Waals surface area contributed by atoms with Gasteiger partial charge in [0.25, 0.3) is 5.91 Å². The molecule has 1 aromatic carbocycles. The predicted molar refractivity (Wildman–Crippen MR) is 76.0 cm³/mol. The fourth-order valence-electron chi connectivity index (χ4n) is 1.77. The number of pyridine rings is 1. The number of rotatable bonds is 5. The first-order valence-electron chi connectivity index (χ1n) is 6.40. The second kappa shape index (κ2) is 6.77. The highest BCUT2D eigenvalue weighted by atomic mass is 19.1. The molecule has 2 aromatic rings. The molecule has 0 saturated heterocycles. The first-order chi connectivity index (χ1) is 9.69. The van der Waals surface area contributed by atoms with Gasteiger partial charge in [0, 0.05) is 18.4 Å². The molecule has 0 bridgehead atoms. The smallest absolute Gasteiger partial charge is 0.257 e. The Kier molecular flexibility index (Phi) is 4.79. The molecule has 2 rings (SSSR count). The summed E-state index contributed by atoms with van der Waals surface area (Å²) >= 11 is 0. The predicted octanol–water partition coefficient (Wildman–Crippen LogP) is 2.58. The molecule has 0 unspecified atom stereocenters. The Labute approximate surface area is 117 Å². The van der Waals surface area contributed by atoms with Crippen molar-refractivity contribution in [2.75, 3.05) is 11.9 Å².